The largest absolute Gasteiger partial charge is 0.505 e. The minimum Gasteiger partial charge on any atom is -0.505 e. The van der Waals surface area contributed by atoms with E-state index in [2.05, 4.69) is 29.9 Å². The summed E-state index contributed by atoms with van der Waals surface area (Å²) in [5, 5.41) is 28.6. The molecule has 0 unspecified atom stereocenters. The predicted molar refractivity (Wildman–Crippen MR) is 142 cm³/mol. The van der Waals surface area contributed by atoms with Crippen LogP contribution in [-0.4, -0.2) is 67.7 Å². The van der Waals surface area contributed by atoms with Crippen LogP contribution in [0.5, 0.6) is 5.75 Å². The summed E-state index contributed by atoms with van der Waals surface area (Å²) in [5.74, 6) is -0.777. The van der Waals surface area contributed by atoms with Crippen LogP contribution in [0.1, 0.15) is 10.4 Å². The van der Waals surface area contributed by atoms with Gasteiger partial charge in [0, 0.05) is 44.7 Å². The SMILES string of the molecule is CN(C)c1nc(N=Nc2cc(S(=O)(=O)Nc3ccc(C(=O)O)cc3)c3ccccc3c2O)nc(N(C)C)n1. The van der Waals surface area contributed by atoms with E-state index in [4.69, 9.17) is 5.11 Å². The number of rotatable bonds is 8. The molecule has 0 bridgehead atoms. The highest BCUT2D eigenvalue weighted by atomic mass is 32.2. The number of carboxylic acids is 1. The van der Waals surface area contributed by atoms with Crippen molar-refractivity contribution in [3.63, 3.8) is 0 Å². The predicted octanol–water partition coefficient (Wildman–Crippen LogP) is 3.78. The summed E-state index contributed by atoms with van der Waals surface area (Å²) >= 11 is 0. The fourth-order valence-electron chi connectivity index (χ4n) is 3.39. The average molecular weight is 537 g/mol. The number of nitrogens with one attached hydrogen (secondary N) is 1. The monoisotopic (exact) mass is 536 g/mol. The first-order valence-electron chi connectivity index (χ1n) is 11.1. The molecule has 3 N–H and O–H groups in total. The van der Waals surface area contributed by atoms with Gasteiger partial charge in [-0.05, 0) is 30.3 Å². The first-order chi connectivity index (χ1) is 18.0. The lowest BCUT2D eigenvalue weighted by Gasteiger charge is -2.15. The maximum Gasteiger partial charge on any atom is 0.335 e. The van der Waals surface area contributed by atoms with Crippen LogP contribution < -0.4 is 14.5 Å². The Balaban J connectivity index is 1.79. The highest BCUT2D eigenvalue weighted by molar-refractivity contribution is 7.93. The van der Waals surface area contributed by atoms with E-state index >= 15 is 0 Å². The van der Waals surface area contributed by atoms with Gasteiger partial charge in [0.25, 0.3) is 16.0 Å². The summed E-state index contributed by atoms with van der Waals surface area (Å²) in [6, 6.07) is 12.8. The Labute approximate surface area is 218 Å². The maximum absolute atomic E-state index is 13.4. The molecule has 14 heteroatoms. The van der Waals surface area contributed by atoms with Gasteiger partial charge in [0.2, 0.25) is 11.9 Å². The lowest BCUT2D eigenvalue weighted by atomic mass is 10.1. The highest BCUT2D eigenvalue weighted by Gasteiger charge is 2.22. The first kappa shape index (κ1) is 26.2. The van der Waals surface area contributed by atoms with Crippen molar-refractivity contribution in [3.05, 3.63) is 60.2 Å². The van der Waals surface area contributed by atoms with Crippen molar-refractivity contribution in [2.24, 2.45) is 10.2 Å². The molecular formula is C24H24N8O5S. The Hall–Kier alpha value is -4.85. The Morgan fingerprint density at radius 1 is 0.868 bits per heavy atom. The van der Waals surface area contributed by atoms with Crippen LogP contribution in [0.3, 0.4) is 0 Å². The molecule has 0 amide bonds. The number of aromatic nitrogens is 3. The zero-order valence-corrected chi connectivity index (χ0v) is 21.7. The molecule has 3 aromatic carbocycles. The van der Waals surface area contributed by atoms with E-state index in [-0.39, 0.29) is 44.3 Å². The highest BCUT2D eigenvalue weighted by Crippen LogP contribution is 2.40. The van der Waals surface area contributed by atoms with E-state index in [1.165, 1.54) is 30.3 Å². The normalized spacial score (nSPS) is 11.6. The van der Waals surface area contributed by atoms with Crippen LogP contribution >= 0.6 is 0 Å². The topological polar surface area (TPSA) is 174 Å². The number of phenols is 1. The van der Waals surface area contributed by atoms with Gasteiger partial charge in [-0.1, -0.05) is 24.3 Å². The number of carboxylic acid groups (broad SMARTS) is 1. The summed E-state index contributed by atoms with van der Waals surface area (Å²) in [6.07, 6.45) is 0. The van der Waals surface area contributed by atoms with E-state index in [1.807, 2.05) is 0 Å². The van der Waals surface area contributed by atoms with Crippen molar-refractivity contribution in [2.75, 3.05) is 42.7 Å². The minimum absolute atomic E-state index is 0.0129. The molecule has 0 aliphatic rings. The van der Waals surface area contributed by atoms with Gasteiger partial charge in [-0.15, -0.1) is 10.2 Å². The number of anilines is 3. The Morgan fingerprint density at radius 3 is 2.00 bits per heavy atom. The van der Waals surface area contributed by atoms with E-state index in [9.17, 15) is 18.3 Å². The van der Waals surface area contributed by atoms with Gasteiger partial charge in [-0.25, -0.2) is 13.2 Å². The molecule has 0 saturated heterocycles. The second kappa shape index (κ2) is 10.3. The third-order valence-electron chi connectivity index (χ3n) is 5.28. The number of hydrogen-bond acceptors (Lipinski definition) is 11. The molecule has 0 spiro atoms. The number of benzene rings is 3. The number of carbonyl (C=O) groups is 1. The average Bonchev–Trinajstić information content (AvgIpc) is 2.88. The van der Waals surface area contributed by atoms with E-state index in [0.29, 0.717) is 11.9 Å². The molecule has 38 heavy (non-hydrogen) atoms. The van der Waals surface area contributed by atoms with Crippen LogP contribution in [0.15, 0.2) is 69.7 Å². The number of sulfonamides is 1. The molecule has 0 aliphatic heterocycles. The molecule has 0 radical (unpaired) electrons. The molecule has 0 atom stereocenters. The standard InChI is InChI=1S/C24H24N8O5S/c1-31(2)23-25-22(26-24(27-23)32(3)4)29-28-18-13-19(16-7-5-6-8-17(16)20(18)33)38(36,37)30-15-11-9-14(10-12-15)21(34)35/h5-13,30,33H,1-4H3,(H,34,35). The van der Waals surface area contributed by atoms with Crippen molar-refractivity contribution < 1.29 is 23.4 Å². The van der Waals surface area contributed by atoms with Gasteiger partial charge in [-0.2, -0.15) is 15.0 Å². The third kappa shape index (κ3) is 5.44. The summed E-state index contributed by atoms with van der Waals surface area (Å²) in [5.41, 5.74) is 0.0513. The van der Waals surface area contributed by atoms with Crippen LogP contribution in [0, 0.1) is 0 Å². The number of aromatic carboxylic acids is 1. The van der Waals surface area contributed by atoms with E-state index < -0.39 is 16.0 Å². The molecule has 0 saturated carbocycles. The van der Waals surface area contributed by atoms with Crippen LogP contribution in [0.25, 0.3) is 10.8 Å². The summed E-state index contributed by atoms with van der Waals surface area (Å²) in [4.78, 5) is 27.0. The number of hydrogen-bond donors (Lipinski definition) is 3. The summed E-state index contributed by atoms with van der Waals surface area (Å²) < 4.78 is 29.2. The zero-order valence-electron chi connectivity index (χ0n) is 20.9. The zero-order chi connectivity index (χ0) is 27.6. The summed E-state index contributed by atoms with van der Waals surface area (Å²) in [6.45, 7) is 0. The number of phenolic OH excluding ortho intramolecular Hbond substituents is 1. The maximum atomic E-state index is 13.4. The molecule has 4 aromatic rings. The van der Waals surface area contributed by atoms with Crippen molar-refractivity contribution in [3.8, 4) is 5.75 Å². The second-order valence-corrected chi connectivity index (χ2v) is 10.2. The van der Waals surface area contributed by atoms with Gasteiger partial charge in [0.1, 0.15) is 5.69 Å². The molecule has 4 rings (SSSR count). The molecular weight excluding hydrogens is 512 g/mol. The van der Waals surface area contributed by atoms with Crippen LogP contribution in [0.2, 0.25) is 0 Å². The van der Waals surface area contributed by atoms with Crippen molar-refractivity contribution >= 4 is 56.0 Å². The molecule has 13 nitrogen and oxygen atoms in total. The lowest BCUT2D eigenvalue weighted by Crippen LogP contribution is -2.18. The Morgan fingerprint density at radius 2 is 1.45 bits per heavy atom. The fourth-order valence-corrected chi connectivity index (χ4v) is 4.68. The van der Waals surface area contributed by atoms with Gasteiger partial charge < -0.3 is 20.0 Å². The first-order valence-corrected chi connectivity index (χ1v) is 12.6. The van der Waals surface area contributed by atoms with Crippen LogP contribution in [-0.2, 0) is 10.0 Å². The van der Waals surface area contributed by atoms with Crippen molar-refractivity contribution in [1.82, 2.24) is 15.0 Å². The molecule has 0 fully saturated rings. The molecule has 1 heterocycles. The van der Waals surface area contributed by atoms with E-state index in [1.54, 1.807) is 62.3 Å². The van der Waals surface area contributed by atoms with Crippen molar-refractivity contribution in [2.45, 2.75) is 4.90 Å². The minimum atomic E-state index is -4.20. The molecule has 1 aromatic heterocycles. The van der Waals surface area contributed by atoms with E-state index in [0.717, 1.165) is 0 Å². The third-order valence-corrected chi connectivity index (χ3v) is 6.70. The number of fused-ring (bicyclic) bond motifs is 1. The van der Waals surface area contributed by atoms with Gasteiger partial charge in [0.15, 0.2) is 5.75 Å². The van der Waals surface area contributed by atoms with Gasteiger partial charge >= 0.3 is 5.97 Å². The lowest BCUT2D eigenvalue weighted by molar-refractivity contribution is 0.0697. The fraction of sp³-hybridized carbons (Fsp3) is 0.167. The quantitative estimate of drug-likeness (QED) is 0.281. The molecule has 0 aliphatic carbocycles. The summed E-state index contributed by atoms with van der Waals surface area (Å²) in [7, 11) is 2.82. The Kier molecular flexibility index (Phi) is 7.08. The van der Waals surface area contributed by atoms with Crippen molar-refractivity contribution in [1.29, 1.82) is 0 Å². The number of nitrogens with zero attached hydrogens (tertiary/aromatic N) is 7. The van der Waals surface area contributed by atoms with Gasteiger partial charge in [0.05, 0.1) is 10.5 Å². The van der Waals surface area contributed by atoms with Gasteiger partial charge in [-0.3, -0.25) is 4.72 Å². The smallest absolute Gasteiger partial charge is 0.335 e. The molecule has 196 valence electrons. The Bertz CT molecular complexity index is 1630. The number of azo groups is 1. The second-order valence-electron chi connectivity index (χ2n) is 8.50. The van der Waals surface area contributed by atoms with Crippen LogP contribution in [0.4, 0.5) is 29.2 Å². The number of aromatic hydroxyl groups is 1.